The highest BCUT2D eigenvalue weighted by atomic mass is 16.2. The third-order valence-corrected chi connectivity index (χ3v) is 3.18. The van der Waals surface area contributed by atoms with Gasteiger partial charge in [-0.3, -0.25) is 14.6 Å². The van der Waals surface area contributed by atoms with Crippen molar-refractivity contribution in [1.82, 2.24) is 14.8 Å². The molecule has 0 bridgehead atoms. The molecule has 1 atom stereocenters. The summed E-state index contributed by atoms with van der Waals surface area (Å²) < 4.78 is 0. The molecule has 2 N–H and O–H groups in total. The van der Waals surface area contributed by atoms with E-state index in [0.29, 0.717) is 31.7 Å². The SMILES string of the molecule is C[C@H](N)C(=O)N1CCN(C(=O)c2cccnc2)CC1. The summed E-state index contributed by atoms with van der Waals surface area (Å²) in [5.41, 5.74) is 6.15. The number of piperazine rings is 1. The lowest BCUT2D eigenvalue weighted by Crippen LogP contribution is -2.53. The van der Waals surface area contributed by atoms with Gasteiger partial charge in [0.25, 0.3) is 5.91 Å². The number of carbonyl (C=O) groups excluding carboxylic acids is 2. The van der Waals surface area contributed by atoms with E-state index >= 15 is 0 Å². The quantitative estimate of drug-likeness (QED) is 0.794. The molecule has 2 rings (SSSR count). The van der Waals surface area contributed by atoms with E-state index in [9.17, 15) is 9.59 Å². The van der Waals surface area contributed by atoms with E-state index in [-0.39, 0.29) is 11.8 Å². The van der Waals surface area contributed by atoms with Crippen molar-refractivity contribution in [2.45, 2.75) is 13.0 Å². The zero-order valence-electron chi connectivity index (χ0n) is 11.0. The first-order valence-corrected chi connectivity index (χ1v) is 6.33. The summed E-state index contributed by atoms with van der Waals surface area (Å²) in [6.07, 6.45) is 3.19. The fraction of sp³-hybridized carbons (Fsp3) is 0.462. The van der Waals surface area contributed by atoms with Gasteiger partial charge in [0.15, 0.2) is 0 Å². The number of nitrogens with zero attached hydrogens (tertiary/aromatic N) is 3. The average Bonchev–Trinajstić information content (AvgIpc) is 2.46. The van der Waals surface area contributed by atoms with Gasteiger partial charge in [0.1, 0.15) is 0 Å². The van der Waals surface area contributed by atoms with E-state index in [1.807, 2.05) is 0 Å². The summed E-state index contributed by atoms with van der Waals surface area (Å²) in [6, 6.07) is 3.00. The molecule has 102 valence electrons. The molecule has 0 aliphatic carbocycles. The molecule has 0 unspecified atom stereocenters. The Morgan fingerprint density at radius 3 is 2.42 bits per heavy atom. The summed E-state index contributed by atoms with van der Waals surface area (Å²) in [5, 5.41) is 0. The van der Waals surface area contributed by atoms with Gasteiger partial charge in [0.2, 0.25) is 5.91 Å². The van der Waals surface area contributed by atoms with E-state index < -0.39 is 6.04 Å². The fourth-order valence-corrected chi connectivity index (χ4v) is 2.09. The van der Waals surface area contributed by atoms with Crippen molar-refractivity contribution < 1.29 is 9.59 Å². The Bertz CT molecular complexity index is 453. The minimum atomic E-state index is -0.486. The smallest absolute Gasteiger partial charge is 0.255 e. The van der Waals surface area contributed by atoms with Gasteiger partial charge in [-0.1, -0.05) is 0 Å². The molecule has 6 nitrogen and oxygen atoms in total. The molecule has 0 saturated carbocycles. The Hall–Kier alpha value is -1.95. The monoisotopic (exact) mass is 262 g/mol. The van der Waals surface area contributed by atoms with Gasteiger partial charge in [0.05, 0.1) is 11.6 Å². The maximum absolute atomic E-state index is 12.2. The van der Waals surface area contributed by atoms with Crippen LogP contribution in [-0.2, 0) is 4.79 Å². The van der Waals surface area contributed by atoms with Crippen LogP contribution in [0.3, 0.4) is 0 Å². The number of hydrogen-bond donors (Lipinski definition) is 1. The number of nitrogens with two attached hydrogens (primary N) is 1. The van der Waals surface area contributed by atoms with Crippen molar-refractivity contribution in [3.05, 3.63) is 30.1 Å². The van der Waals surface area contributed by atoms with Crippen LogP contribution in [-0.4, -0.2) is 58.8 Å². The molecule has 1 aliphatic heterocycles. The lowest BCUT2D eigenvalue weighted by molar-refractivity contribution is -0.133. The Labute approximate surface area is 112 Å². The van der Waals surface area contributed by atoms with E-state index in [2.05, 4.69) is 4.98 Å². The molecule has 1 aromatic rings. The van der Waals surface area contributed by atoms with Gasteiger partial charge in [-0.05, 0) is 19.1 Å². The van der Waals surface area contributed by atoms with Crippen LogP contribution in [0.1, 0.15) is 17.3 Å². The first-order chi connectivity index (χ1) is 9.09. The first kappa shape index (κ1) is 13.5. The summed E-state index contributed by atoms with van der Waals surface area (Å²) in [7, 11) is 0. The highest BCUT2D eigenvalue weighted by Gasteiger charge is 2.26. The second-order valence-electron chi connectivity index (χ2n) is 4.65. The molecule has 6 heteroatoms. The summed E-state index contributed by atoms with van der Waals surface area (Å²) in [6.45, 7) is 3.81. The van der Waals surface area contributed by atoms with Crippen molar-refractivity contribution in [2.75, 3.05) is 26.2 Å². The average molecular weight is 262 g/mol. The highest BCUT2D eigenvalue weighted by molar-refractivity contribution is 5.94. The number of carbonyl (C=O) groups is 2. The maximum Gasteiger partial charge on any atom is 0.255 e. The zero-order valence-corrected chi connectivity index (χ0v) is 11.0. The minimum absolute atomic E-state index is 0.0407. The minimum Gasteiger partial charge on any atom is -0.338 e. The van der Waals surface area contributed by atoms with Crippen molar-refractivity contribution in [3.8, 4) is 0 Å². The van der Waals surface area contributed by atoms with E-state index in [1.54, 1.807) is 41.2 Å². The number of aromatic nitrogens is 1. The third kappa shape index (κ3) is 3.08. The molecular formula is C13H18N4O2. The van der Waals surface area contributed by atoms with Crippen molar-refractivity contribution in [1.29, 1.82) is 0 Å². The standard InChI is InChI=1S/C13H18N4O2/c1-10(14)12(18)16-5-7-17(8-6-16)13(19)11-3-2-4-15-9-11/h2-4,9-10H,5-8,14H2,1H3/t10-/m0/s1. The van der Waals surface area contributed by atoms with Crippen molar-refractivity contribution >= 4 is 11.8 Å². The van der Waals surface area contributed by atoms with E-state index in [0.717, 1.165) is 0 Å². The number of hydrogen-bond acceptors (Lipinski definition) is 4. The second kappa shape index (κ2) is 5.79. The molecule has 0 aromatic carbocycles. The van der Waals surface area contributed by atoms with Crippen LogP contribution in [0.4, 0.5) is 0 Å². The van der Waals surface area contributed by atoms with Crippen LogP contribution in [0.15, 0.2) is 24.5 Å². The lowest BCUT2D eigenvalue weighted by Gasteiger charge is -2.35. The summed E-state index contributed by atoms with van der Waals surface area (Å²) >= 11 is 0. The van der Waals surface area contributed by atoms with Crippen molar-refractivity contribution in [3.63, 3.8) is 0 Å². The Morgan fingerprint density at radius 1 is 1.26 bits per heavy atom. The predicted molar refractivity (Wildman–Crippen MR) is 70.4 cm³/mol. The first-order valence-electron chi connectivity index (χ1n) is 6.33. The van der Waals surface area contributed by atoms with Gasteiger partial charge in [-0.15, -0.1) is 0 Å². The van der Waals surface area contributed by atoms with Crippen LogP contribution in [0.2, 0.25) is 0 Å². The highest BCUT2D eigenvalue weighted by Crippen LogP contribution is 2.08. The van der Waals surface area contributed by atoms with Crippen LogP contribution < -0.4 is 5.73 Å². The molecule has 1 fully saturated rings. The van der Waals surface area contributed by atoms with Gasteiger partial charge < -0.3 is 15.5 Å². The fourth-order valence-electron chi connectivity index (χ4n) is 2.09. The van der Waals surface area contributed by atoms with Crippen LogP contribution in [0.25, 0.3) is 0 Å². The predicted octanol–water partition coefficient (Wildman–Crippen LogP) is -0.287. The second-order valence-corrected chi connectivity index (χ2v) is 4.65. The van der Waals surface area contributed by atoms with Gasteiger partial charge >= 0.3 is 0 Å². The topological polar surface area (TPSA) is 79.5 Å². The van der Waals surface area contributed by atoms with Gasteiger partial charge in [-0.25, -0.2) is 0 Å². The maximum atomic E-state index is 12.2. The number of rotatable bonds is 2. The van der Waals surface area contributed by atoms with E-state index in [1.165, 1.54) is 0 Å². The largest absolute Gasteiger partial charge is 0.338 e. The van der Waals surface area contributed by atoms with E-state index in [4.69, 9.17) is 5.73 Å². The van der Waals surface area contributed by atoms with Crippen LogP contribution in [0.5, 0.6) is 0 Å². The summed E-state index contributed by atoms with van der Waals surface area (Å²) in [5.74, 6) is -0.102. The molecule has 1 aliphatic rings. The molecular weight excluding hydrogens is 244 g/mol. The van der Waals surface area contributed by atoms with Crippen molar-refractivity contribution in [2.24, 2.45) is 5.73 Å². The molecule has 0 radical (unpaired) electrons. The van der Waals surface area contributed by atoms with Gasteiger partial charge in [0, 0.05) is 38.6 Å². The lowest BCUT2D eigenvalue weighted by atomic mass is 10.2. The van der Waals surface area contributed by atoms with Crippen LogP contribution in [0, 0.1) is 0 Å². The Morgan fingerprint density at radius 2 is 1.89 bits per heavy atom. The number of pyridine rings is 1. The molecule has 1 saturated heterocycles. The normalized spacial score (nSPS) is 17.2. The zero-order chi connectivity index (χ0) is 13.8. The number of amides is 2. The van der Waals surface area contributed by atoms with Crippen LogP contribution >= 0.6 is 0 Å². The molecule has 1 aromatic heterocycles. The molecule has 2 amide bonds. The third-order valence-electron chi connectivity index (χ3n) is 3.18. The molecule has 19 heavy (non-hydrogen) atoms. The Balaban J connectivity index is 1.94. The summed E-state index contributed by atoms with van der Waals surface area (Å²) in [4.78, 5) is 31.3. The molecule has 2 heterocycles. The molecule has 0 spiro atoms. The Kier molecular flexibility index (Phi) is 4.11. The van der Waals surface area contributed by atoms with Gasteiger partial charge in [-0.2, -0.15) is 0 Å².